The molecule has 2 aromatic rings. The van der Waals surface area contributed by atoms with Crippen LogP contribution in [0.4, 0.5) is 0 Å². The fraction of sp³-hybridized carbons (Fsp3) is 0.320. The second-order valence-corrected chi connectivity index (χ2v) is 6.75. The van der Waals surface area contributed by atoms with Crippen molar-refractivity contribution < 1.29 is 0 Å². The van der Waals surface area contributed by atoms with Gasteiger partial charge in [0.2, 0.25) is 0 Å². The van der Waals surface area contributed by atoms with Crippen LogP contribution in [0.5, 0.6) is 0 Å². The molecule has 0 heteroatoms. The molecule has 2 rings (SSSR count). The molecule has 0 bridgehead atoms. The molecule has 1 atom stereocenters. The Morgan fingerprint density at radius 2 is 1.96 bits per heavy atom. The number of hydrogen-bond donors (Lipinski definition) is 0. The first-order valence-electron chi connectivity index (χ1n) is 9.21. The topological polar surface area (TPSA) is 0 Å². The summed E-state index contributed by atoms with van der Waals surface area (Å²) >= 11 is 0. The van der Waals surface area contributed by atoms with E-state index >= 15 is 0 Å². The van der Waals surface area contributed by atoms with E-state index in [1.54, 1.807) is 0 Å². The Bertz CT molecular complexity index is 704. The number of benzene rings is 1. The zero-order chi connectivity index (χ0) is 18.1. The highest BCUT2D eigenvalue weighted by Gasteiger charge is 2.13. The van der Waals surface area contributed by atoms with Gasteiger partial charge < -0.3 is 0 Å². The van der Waals surface area contributed by atoms with Gasteiger partial charge in [0.1, 0.15) is 0 Å². The summed E-state index contributed by atoms with van der Waals surface area (Å²) in [6, 6.07) is 20.9. The molecular weight excluding hydrogens is 300 g/mol. The van der Waals surface area contributed by atoms with Crippen molar-refractivity contribution in [1.29, 1.82) is 0 Å². The molecule has 0 spiro atoms. The fourth-order valence-electron chi connectivity index (χ4n) is 2.99. The third-order valence-corrected chi connectivity index (χ3v) is 4.76. The van der Waals surface area contributed by atoms with Gasteiger partial charge in [-0.05, 0) is 81.2 Å². The number of rotatable bonds is 8. The largest absolute Gasteiger partial charge is 0.0884 e. The van der Waals surface area contributed by atoms with Crippen molar-refractivity contribution in [3.8, 4) is 0 Å². The standard InChI is InChI=1S/C25H29/c1-5-20(2)18-19-25(24-17-10-9-12-21(24)3)22(4)13-11-16-23-14-7-6-8-15-23/h5-7,9-10,12,14,16-17,19,22H,11,13,18H2,1-4H3/b20-5-,25-19-. The van der Waals surface area contributed by atoms with Crippen LogP contribution in [0.2, 0.25) is 0 Å². The number of allylic oxidation sites excluding steroid dienone is 4. The Morgan fingerprint density at radius 3 is 2.64 bits per heavy atom. The zero-order valence-corrected chi connectivity index (χ0v) is 16.0. The summed E-state index contributed by atoms with van der Waals surface area (Å²) in [6.07, 6.45) is 10.1. The lowest BCUT2D eigenvalue weighted by atomic mass is 9.86. The molecule has 0 aliphatic carbocycles. The molecule has 0 heterocycles. The van der Waals surface area contributed by atoms with Crippen LogP contribution in [-0.4, -0.2) is 0 Å². The van der Waals surface area contributed by atoms with Gasteiger partial charge >= 0.3 is 0 Å². The van der Waals surface area contributed by atoms with Gasteiger partial charge in [-0.1, -0.05) is 67.1 Å². The molecule has 0 N–H and O–H groups in total. The van der Waals surface area contributed by atoms with Crippen LogP contribution >= 0.6 is 0 Å². The highest BCUT2D eigenvalue weighted by Crippen LogP contribution is 2.30. The van der Waals surface area contributed by atoms with Crippen molar-refractivity contribution >= 4 is 5.57 Å². The maximum atomic E-state index is 3.16. The van der Waals surface area contributed by atoms with E-state index in [4.69, 9.17) is 0 Å². The van der Waals surface area contributed by atoms with Crippen LogP contribution in [0.15, 0.2) is 60.2 Å². The summed E-state index contributed by atoms with van der Waals surface area (Å²) in [7, 11) is 0. The molecular formula is C25H29. The second kappa shape index (κ2) is 9.90. The number of hydrogen-bond acceptors (Lipinski definition) is 0. The molecule has 0 saturated heterocycles. The summed E-state index contributed by atoms with van der Waals surface area (Å²) < 4.78 is 0. The second-order valence-electron chi connectivity index (χ2n) is 6.75. The summed E-state index contributed by atoms with van der Waals surface area (Å²) in [4.78, 5) is 0. The van der Waals surface area contributed by atoms with E-state index in [2.05, 4.69) is 88.7 Å². The Hall–Kier alpha value is -2.26. The molecule has 0 amide bonds. The van der Waals surface area contributed by atoms with Crippen molar-refractivity contribution in [3.05, 3.63) is 95.4 Å². The predicted molar refractivity (Wildman–Crippen MR) is 109 cm³/mol. The lowest BCUT2D eigenvalue weighted by molar-refractivity contribution is 0.660. The minimum absolute atomic E-state index is 0.523. The van der Waals surface area contributed by atoms with Crippen LogP contribution in [-0.2, 0) is 0 Å². The van der Waals surface area contributed by atoms with Gasteiger partial charge in [0.15, 0.2) is 0 Å². The normalized spacial score (nSPS) is 13.4. The highest BCUT2D eigenvalue weighted by atomic mass is 14.2. The van der Waals surface area contributed by atoms with Crippen molar-refractivity contribution in [2.75, 3.05) is 0 Å². The molecule has 0 saturated carbocycles. The Balaban J connectivity index is 2.10. The summed E-state index contributed by atoms with van der Waals surface area (Å²) in [5, 5.41) is 0. The SMILES string of the molecule is C/C=C(/C)C/C=C(\c1ccccc1C)C(C)CC[CH]c1c#cccc1. The van der Waals surface area contributed by atoms with Crippen molar-refractivity contribution in [3.63, 3.8) is 0 Å². The van der Waals surface area contributed by atoms with Gasteiger partial charge in [0.05, 0.1) is 0 Å². The maximum absolute atomic E-state index is 3.16. The molecule has 0 aromatic heterocycles. The Kier molecular flexibility index (Phi) is 7.55. The first-order chi connectivity index (χ1) is 12.1. The van der Waals surface area contributed by atoms with Gasteiger partial charge in [0, 0.05) is 5.56 Å². The monoisotopic (exact) mass is 329 g/mol. The molecule has 0 fully saturated rings. The molecule has 0 nitrogen and oxygen atoms in total. The van der Waals surface area contributed by atoms with Crippen molar-refractivity contribution in [2.45, 2.75) is 47.0 Å². The molecule has 0 aliphatic rings. The summed E-state index contributed by atoms with van der Waals surface area (Å²) in [5.74, 6) is 0.523. The predicted octanol–water partition coefficient (Wildman–Crippen LogP) is 7.00. The van der Waals surface area contributed by atoms with E-state index in [1.807, 2.05) is 12.1 Å². The lowest BCUT2D eigenvalue weighted by Crippen LogP contribution is -2.02. The average Bonchev–Trinajstić information content (AvgIpc) is 2.64. The van der Waals surface area contributed by atoms with Gasteiger partial charge in [0.25, 0.3) is 0 Å². The molecule has 0 aliphatic heterocycles. The van der Waals surface area contributed by atoms with Gasteiger partial charge in [-0.25, -0.2) is 0 Å². The summed E-state index contributed by atoms with van der Waals surface area (Å²) in [5.41, 5.74) is 6.77. The third-order valence-electron chi connectivity index (χ3n) is 4.76. The Morgan fingerprint density at radius 1 is 1.16 bits per heavy atom. The summed E-state index contributed by atoms with van der Waals surface area (Å²) in [6.45, 7) is 8.87. The van der Waals surface area contributed by atoms with Crippen LogP contribution in [0.25, 0.3) is 5.57 Å². The fourth-order valence-corrected chi connectivity index (χ4v) is 2.99. The molecule has 2 aromatic carbocycles. The van der Waals surface area contributed by atoms with Crippen LogP contribution in [0, 0.1) is 31.4 Å². The van der Waals surface area contributed by atoms with Crippen molar-refractivity contribution in [2.24, 2.45) is 5.92 Å². The van der Waals surface area contributed by atoms with E-state index in [0.29, 0.717) is 5.92 Å². The van der Waals surface area contributed by atoms with Gasteiger partial charge in [-0.3, -0.25) is 0 Å². The van der Waals surface area contributed by atoms with E-state index in [9.17, 15) is 0 Å². The molecule has 1 radical (unpaired) electrons. The highest BCUT2D eigenvalue weighted by molar-refractivity contribution is 5.69. The minimum Gasteiger partial charge on any atom is -0.0884 e. The number of aryl methyl sites for hydroxylation is 1. The maximum Gasteiger partial charge on any atom is 0.00613 e. The van der Waals surface area contributed by atoms with E-state index in [1.165, 1.54) is 22.3 Å². The van der Waals surface area contributed by atoms with Crippen LogP contribution < -0.4 is 0 Å². The quantitative estimate of drug-likeness (QED) is 0.457. The average molecular weight is 330 g/mol. The van der Waals surface area contributed by atoms with Gasteiger partial charge in [-0.15, -0.1) is 0 Å². The molecule has 1 unspecified atom stereocenters. The third kappa shape index (κ3) is 5.95. The smallest absolute Gasteiger partial charge is 0.00613 e. The zero-order valence-electron chi connectivity index (χ0n) is 16.0. The van der Waals surface area contributed by atoms with E-state index < -0.39 is 0 Å². The first-order valence-corrected chi connectivity index (χ1v) is 9.21. The van der Waals surface area contributed by atoms with Crippen LogP contribution in [0.1, 0.15) is 56.7 Å². The lowest BCUT2D eigenvalue weighted by Gasteiger charge is -2.19. The van der Waals surface area contributed by atoms with E-state index in [0.717, 1.165) is 24.8 Å². The van der Waals surface area contributed by atoms with Crippen molar-refractivity contribution in [1.82, 2.24) is 0 Å². The molecule has 25 heavy (non-hydrogen) atoms. The first kappa shape index (κ1) is 19.1. The Labute approximate surface area is 154 Å². The molecule has 129 valence electrons. The van der Waals surface area contributed by atoms with Gasteiger partial charge in [-0.2, -0.15) is 0 Å². The van der Waals surface area contributed by atoms with Crippen LogP contribution in [0.3, 0.4) is 0 Å². The minimum atomic E-state index is 0.523. The van der Waals surface area contributed by atoms with E-state index in [-0.39, 0.29) is 0 Å².